The zero-order valence-electron chi connectivity index (χ0n) is 12.3. The fourth-order valence-corrected chi connectivity index (χ4v) is 2.99. The van der Waals surface area contributed by atoms with Crippen LogP contribution in [0.4, 0.5) is 5.69 Å². The lowest BCUT2D eigenvalue weighted by Crippen LogP contribution is -2.28. The van der Waals surface area contributed by atoms with Gasteiger partial charge in [0.05, 0.1) is 11.5 Å². The Kier molecular flexibility index (Phi) is 6.79. The maximum Gasteiger partial charge on any atom is 0.264 e. The molecule has 0 bridgehead atoms. The molecule has 0 saturated carbocycles. The summed E-state index contributed by atoms with van der Waals surface area (Å²) in [4.78, 5) is 1.83. The summed E-state index contributed by atoms with van der Waals surface area (Å²) in [5.41, 5.74) is 1.90. The van der Waals surface area contributed by atoms with Gasteiger partial charge < -0.3 is 4.90 Å². The van der Waals surface area contributed by atoms with Crippen molar-refractivity contribution in [2.45, 2.75) is 19.8 Å². The highest BCUT2D eigenvalue weighted by Crippen LogP contribution is 2.16. The minimum atomic E-state index is -4.01. The molecule has 0 spiro atoms. The van der Waals surface area contributed by atoms with Crippen molar-refractivity contribution in [2.24, 2.45) is 0 Å². The summed E-state index contributed by atoms with van der Waals surface area (Å²) in [6.45, 7) is 2.65. The van der Waals surface area contributed by atoms with E-state index in [0.717, 1.165) is 11.3 Å². The number of benzene rings is 1. The number of anilines is 1. The van der Waals surface area contributed by atoms with Gasteiger partial charge >= 0.3 is 0 Å². The zero-order chi connectivity index (χ0) is 16.8. The Morgan fingerprint density at radius 1 is 0.864 bits per heavy atom. The van der Waals surface area contributed by atoms with Crippen LogP contribution in [-0.4, -0.2) is 50.5 Å². The van der Waals surface area contributed by atoms with E-state index in [0.29, 0.717) is 13.1 Å². The smallest absolute Gasteiger partial charge is 0.264 e. The van der Waals surface area contributed by atoms with Gasteiger partial charge in [-0.25, -0.2) is 0 Å². The fraction of sp³-hybridized carbons (Fsp3) is 0.538. The number of hydrogen-bond acceptors (Lipinski definition) is 5. The largest absolute Gasteiger partial charge is 0.371 e. The van der Waals surface area contributed by atoms with Gasteiger partial charge in [-0.2, -0.15) is 16.8 Å². The van der Waals surface area contributed by atoms with Crippen molar-refractivity contribution in [3.63, 3.8) is 0 Å². The highest BCUT2D eigenvalue weighted by Gasteiger charge is 2.11. The molecule has 22 heavy (non-hydrogen) atoms. The molecule has 0 unspecified atom stereocenters. The third kappa shape index (κ3) is 8.32. The number of aryl methyl sites for hydroxylation is 1. The number of rotatable bonds is 9. The van der Waals surface area contributed by atoms with Crippen LogP contribution >= 0.6 is 0 Å². The molecule has 0 aliphatic heterocycles. The second-order valence-electron chi connectivity index (χ2n) is 5.10. The molecule has 0 atom stereocenters. The molecule has 1 aromatic carbocycles. The van der Waals surface area contributed by atoms with Gasteiger partial charge in [0.15, 0.2) is 0 Å². The average molecular weight is 351 g/mol. The molecule has 0 heterocycles. The van der Waals surface area contributed by atoms with E-state index < -0.39 is 20.2 Å². The molecule has 7 nitrogen and oxygen atoms in total. The highest BCUT2D eigenvalue weighted by atomic mass is 32.2. The number of hydrogen-bond donors (Lipinski definition) is 2. The van der Waals surface area contributed by atoms with Crippen molar-refractivity contribution in [1.82, 2.24) is 0 Å². The van der Waals surface area contributed by atoms with Crippen molar-refractivity contribution < 1.29 is 25.9 Å². The van der Waals surface area contributed by atoms with Crippen LogP contribution in [0.2, 0.25) is 0 Å². The second kappa shape index (κ2) is 7.91. The van der Waals surface area contributed by atoms with Crippen LogP contribution in [0.5, 0.6) is 0 Å². The zero-order valence-corrected chi connectivity index (χ0v) is 14.0. The van der Waals surface area contributed by atoms with Crippen LogP contribution in [0, 0.1) is 6.92 Å². The summed E-state index contributed by atoms with van der Waals surface area (Å²) >= 11 is 0. The van der Waals surface area contributed by atoms with Crippen molar-refractivity contribution in [2.75, 3.05) is 29.5 Å². The van der Waals surface area contributed by atoms with Crippen LogP contribution < -0.4 is 4.90 Å². The fourth-order valence-electron chi connectivity index (χ4n) is 2.00. The molecule has 1 rings (SSSR count). The van der Waals surface area contributed by atoms with Crippen LogP contribution in [0.25, 0.3) is 0 Å². The first-order chi connectivity index (χ1) is 10.1. The first-order valence-corrected chi connectivity index (χ1v) is 10.0. The first kappa shape index (κ1) is 18.9. The van der Waals surface area contributed by atoms with E-state index in [1.165, 1.54) is 0 Å². The average Bonchev–Trinajstić information content (AvgIpc) is 2.35. The summed E-state index contributed by atoms with van der Waals surface area (Å²) in [5, 5.41) is 0. The van der Waals surface area contributed by atoms with Gasteiger partial charge in [0.2, 0.25) is 0 Å². The summed E-state index contributed by atoms with van der Waals surface area (Å²) in [7, 11) is -8.03. The van der Waals surface area contributed by atoms with Crippen LogP contribution in [0.1, 0.15) is 18.4 Å². The van der Waals surface area contributed by atoms with E-state index in [9.17, 15) is 16.8 Å². The Bertz CT molecular complexity index is 629. The van der Waals surface area contributed by atoms with E-state index in [-0.39, 0.29) is 24.3 Å². The third-order valence-electron chi connectivity index (χ3n) is 3.06. The van der Waals surface area contributed by atoms with E-state index in [1.807, 2.05) is 36.1 Å². The lowest BCUT2D eigenvalue weighted by atomic mass is 10.2. The summed E-state index contributed by atoms with van der Waals surface area (Å²) in [6, 6.07) is 7.51. The quantitative estimate of drug-likeness (QED) is 0.646. The molecule has 0 aliphatic rings. The Balaban J connectivity index is 2.69. The predicted octanol–water partition coefficient (Wildman–Crippen LogP) is 1.36. The van der Waals surface area contributed by atoms with Gasteiger partial charge in [-0.3, -0.25) is 9.11 Å². The Hall–Kier alpha value is -1.16. The predicted molar refractivity (Wildman–Crippen MR) is 85.5 cm³/mol. The minimum absolute atomic E-state index is 0.221. The second-order valence-corrected chi connectivity index (χ2v) is 8.25. The van der Waals surface area contributed by atoms with Crippen molar-refractivity contribution >= 4 is 25.9 Å². The van der Waals surface area contributed by atoms with Gasteiger partial charge in [0.1, 0.15) is 0 Å². The molecule has 126 valence electrons. The molecular formula is C13H21NO6S2. The Morgan fingerprint density at radius 2 is 1.27 bits per heavy atom. The lowest BCUT2D eigenvalue weighted by molar-refractivity contribution is 0.480. The van der Waals surface area contributed by atoms with E-state index in [1.54, 1.807) is 0 Å². The summed E-state index contributed by atoms with van der Waals surface area (Å²) in [5.74, 6) is -0.707. The maximum atomic E-state index is 10.8. The van der Waals surface area contributed by atoms with Gasteiger partial charge in [0.25, 0.3) is 20.2 Å². The molecule has 9 heteroatoms. The monoisotopic (exact) mass is 351 g/mol. The van der Waals surface area contributed by atoms with E-state index >= 15 is 0 Å². The SMILES string of the molecule is Cc1ccc(N(CCCS(=O)(=O)O)CCCS(=O)(=O)O)cc1. The van der Waals surface area contributed by atoms with Gasteiger partial charge in [-0.05, 0) is 31.9 Å². The molecule has 0 aliphatic carbocycles. The van der Waals surface area contributed by atoms with E-state index in [4.69, 9.17) is 9.11 Å². The van der Waals surface area contributed by atoms with Crippen LogP contribution in [0.3, 0.4) is 0 Å². The van der Waals surface area contributed by atoms with Gasteiger partial charge in [0, 0.05) is 18.8 Å². The first-order valence-electron chi connectivity index (χ1n) is 6.79. The van der Waals surface area contributed by atoms with E-state index in [2.05, 4.69) is 0 Å². The molecule has 0 fully saturated rings. The van der Waals surface area contributed by atoms with Crippen molar-refractivity contribution in [3.05, 3.63) is 29.8 Å². The lowest BCUT2D eigenvalue weighted by Gasteiger charge is -2.24. The standard InChI is InChI=1S/C13H21NO6S2/c1-12-4-6-13(7-5-12)14(8-2-10-21(15,16)17)9-3-11-22(18,19)20/h4-7H,2-3,8-11H2,1H3,(H,15,16,17)(H,18,19,20). The Morgan fingerprint density at radius 3 is 1.64 bits per heavy atom. The molecule has 2 N–H and O–H groups in total. The van der Waals surface area contributed by atoms with Crippen molar-refractivity contribution in [1.29, 1.82) is 0 Å². The van der Waals surface area contributed by atoms with Gasteiger partial charge in [-0.15, -0.1) is 0 Å². The van der Waals surface area contributed by atoms with Crippen LogP contribution in [0.15, 0.2) is 24.3 Å². The molecular weight excluding hydrogens is 330 g/mol. The number of nitrogens with zero attached hydrogens (tertiary/aromatic N) is 1. The maximum absolute atomic E-state index is 10.8. The summed E-state index contributed by atoms with van der Waals surface area (Å²) < 4.78 is 60.6. The normalized spacial score (nSPS) is 12.3. The Labute approximate surface area is 131 Å². The van der Waals surface area contributed by atoms with Gasteiger partial charge in [-0.1, -0.05) is 17.7 Å². The molecule has 0 aromatic heterocycles. The van der Waals surface area contributed by atoms with Crippen molar-refractivity contribution in [3.8, 4) is 0 Å². The highest BCUT2D eigenvalue weighted by molar-refractivity contribution is 7.86. The molecule has 0 amide bonds. The third-order valence-corrected chi connectivity index (χ3v) is 4.67. The molecule has 0 saturated heterocycles. The summed E-state index contributed by atoms with van der Waals surface area (Å²) in [6.07, 6.45) is 0.442. The molecule has 0 radical (unpaired) electrons. The van der Waals surface area contributed by atoms with Crippen LogP contribution in [-0.2, 0) is 20.2 Å². The molecule has 1 aromatic rings. The minimum Gasteiger partial charge on any atom is -0.371 e. The topological polar surface area (TPSA) is 112 Å².